The number of nitrogens with one attached hydrogen (secondary N) is 1. The summed E-state index contributed by atoms with van der Waals surface area (Å²) in [4.78, 5) is 0. The van der Waals surface area contributed by atoms with Crippen molar-refractivity contribution >= 4 is 0 Å². The smallest absolute Gasteiger partial charge is 0.244 e. The van der Waals surface area contributed by atoms with E-state index >= 15 is 0 Å². The second kappa shape index (κ2) is 8.40. The number of aromatic amines is 1. The van der Waals surface area contributed by atoms with Gasteiger partial charge in [0.1, 0.15) is 24.1 Å². The molecule has 1 aliphatic heterocycles. The summed E-state index contributed by atoms with van der Waals surface area (Å²) in [7, 11) is 0. The second-order valence-electron chi connectivity index (χ2n) is 7.01. The van der Waals surface area contributed by atoms with Crippen molar-refractivity contribution in [3.05, 3.63) is 82.1 Å². The van der Waals surface area contributed by atoms with Crippen LogP contribution in [0.2, 0.25) is 0 Å². The number of nitrogens with two attached hydrogens (primary N) is 1. The molecule has 1 unspecified atom stereocenters. The van der Waals surface area contributed by atoms with Gasteiger partial charge in [0.15, 0.2) is 11.5 Å². The number of H-pyrrole nitrogens is 1. The molecular weight excluding hydrogens is 399 g/mol. The first-order chi connectivity index (χ1) is 15.0. The number of ether oxygens (including phenoxy) is 3. The fraction of sp³-hybridized carbons (Fsp3) is 0.217. The number of nitriles is 1. The molecule has 0 spiro atoms. The topological polar surface area (TPSA) is 106 Å². The first-order valence-corrected chi connectivity index (χ1v) is 9.78. The number of hydrogen-bond donors (Lipinski definition) is 2. The standard InChI is InChI=1S/C23H21FN4O3/c1-3-29-19-10-14(8-9-18(19)30-12-15-6-4-5-7-17(15)24)21-16(11-25)22(26)31-23-20(21)13(2)27-28-23/h4-10,21H,3,12,26H2,1-2H3,(H,27,28). The molecule has 4 rings (SSSR count). The number of rotatable bonds is 6. The zero-order valence-electron chi connectivity index (χ0n) is 17.1. The third-order valence-corrected chi connectivity index (χ3v) is 5.07. The van der Waals surface area contributed by atoms with Crippen LogP contribution in [0.5, 0.6) is 17.4 Å². The maximum Gasteiger partial charge on any atom is 0.244 e. The van der Waals surface area contributed by atoms with Gasteiger partial charge in [-0.2, -0.15) is 5.26 Å². The number of aromatic nitrogens is 2. The average Bonchev–Trinajstić information content (AvgIpc) is 3.13. The highest BCUT2D eigenvalue weighted by Crippen LogP contribution is 2.44. The first-order valence-electron chi connectivity index (χ1n) is 9.78. The Hall–Kier alpha value is -3.99. The first kappa shape index (κ1) is 20.3. The van der Waals surface area contributed by atoms with Gasteiger partial charge in [-0.25, -0.2) is 4.39 Å². The number of fused-ring (bicyclic) bond motifs is 1. The summed E-state index contributed by atoms with van der Waals surface area (Å²) in [5.41, 5.74) is 9.01. The van der Waals surface area contributed by atoms with Crippen molar-refractivity contribution in [2.24, 2.45) is 5.73 Å². The van der Waals surface area contributed by atoms with Crippen LogP contribution < -0.4 is 19.9 Å². The number of hydrogen-bond acceptors (Lipinski definition) is 6. The summed E-state index contributed by atoms with van der Waals surface area (Å²) in [6, 6.07) is 14.0. The van der Waals surface area contributed by atoms with E-state index in [1.54, 1.807) is 30.3 Å². The van der Waals surface area contributed by atoms with Crippen LogP contribution in [0, 0.1) is 24.1 Å². The Morgan fingerprint density at radius 2 is 2.03 bits per heavy atom. The predicted octanol–water partition coefficient (Wildman–Crippen LogP) is 4.05. The molecule has 3 N–H and O–H groups in total. The van der Waals surface area contributed by atoms with E-state index in [9.17, 15) is 9.65 Å². The van der Waals surface area contributed by atoms with Crippen molar-refractivity contribution in [2.75, 3.05) is 6.61 Å². The molecule has 0 bridgehead atoms. The zero-order valence-corrected chi connectivity index (χ0v) is 17.1. The van der Waals surface area contributed by atoms with E-state index in [-0.39, 0.29) is 18.3 Å². The lowest BCUT2D eigenvalue weighted by molar-refractivity contribution is 0.265. The Balaban J connectivity index is 1.71. The molecule has 158 valence electrons. The van der Waals surface area contributed by atoms with Crippen LogP contribution in [-0.2, 0) is 6.61 Å². The van der Waals surface area contributed by atoms with Gasteiger partial charge < -0.3 is 19.9 Å². The monoisotopic (exact) mass is 420 g/mol. The second-order valence-corrected chi connectivity index (χ2v) is 7.01. The van der Waals surface area contributed by atoms with Crippen LogP contribution in [0.3, 0.4) is 0 Å². The SMILES string of the molecule is CCOc1cc(C2C(C#N)=C(N)Oc3n[nH]c(C)c32)ccc1OCc1ccccc1F. The van der Waals surface area contributed by atoms with Gasteiger partial charge >= 0.3 is 0 Å². The molecule has 31 heavy (non-hydrogen) atoms. The van der Waals surface area contributed by atoms with Crippen LogP contribution in [0.4, 0.5) is 4.39 Å². The zero-order chi connectivity index (χ0) is 22.0. The molecule has 7 nitrogen and oxygen atoms in total. The largest absolute Gasteiger partial charge is 0.490 e. The van der Waals surface area contributed by atoms with Gasteiger partial charge in [0.2, 0.25) is 11.8 Å². The van der Waals surface area contributed by atoms with E-state index in [2.05, 4.69) is 16.3 Å². The lowest BCUT2D eigenvalue weighted by Gasteiger charge is -2.24. The van der Waals surface area contributed by atoms with Gasteiger partial charge in [0.25, 0.3) is 0 Å². The maximum absolute atomic E-state index is 13.9. The molecule has 0 fully saturated rings. The van der Waals surface area contributed by atoms with E-state index in [1.165, 1.54) is 6.07 Å². The summed E-state index contributed by atoms with van der Waals surface area (Å²) in [6.07, 6.45) is 0. The molecule has 0 saturated carbocycles. The molecule has 0 radical (unpaired) electrons. The van der Waals surface area contributed by atoms with Gasteiger partial charge in [-0.1, -0.05) is 24.3 Å². The molecule has 1 aromatic heterocycles. The van der Waals surface area contributed by atoms with Crippen molar-refractivity contribution in [1.82, 2.24) is 10.2 Å². The van der Waals surface area contributed by atoms with E-state index in [4.69, 9.17) is 19.9 Å². The fourth-order valence-corrected chi connectivity index (χ4v) is 3.59. The average molecular weight is 420 g/mol. The minimum atomic E-state index is -0.465. The van der Waals surface area contributed by atoms with Crippen LogP contribution in [0.15, 0.2) is 53.9 Å². The van der Waals surface area contributed by atoms with Gasteiger partial charge in [-0.3, -0.25) is 5.10 Å². The highest BCUT2D eigenvalue weighted by molar-refractivity contribution is 5.57. The number of nitrogens with zero attached hydrogens (tertiary/aromatic N) is 2. The molecule has 1 aliphatic rings. The number of aryl methyl sites for hydroxylation is 1. The normalized spacial score (nSPS) is 15.1. The molecule has 0 saturated heterocycles. The molecule has 0 aliphatic carbocycles. The Bertz CT molecular complexity index is 1200. The van der Waals surface area contributed by atoms with Crippen LogP contribution in [0.1, 0.15) is 35.2 Å². The minimum Gasteiger partial charge on any atom is -0.490 e. The summed E-state index contributed by atoms with van der Waals surface area (Å²) >= 11 is 0. The van der Waals surface area contributed by atoms with Crippen molar-refractivity contribution in [1.29, 1.82) is 5.26 Å². The predicted molar refractivity (Wildman–Crippen MR) is 111 cm³/mol. The lowest BCUT2D eigenvalue weighted by Crippen LogP contribution is -2.21. The number of halogens is 1. The summed E-state index contributed by atoms with van der Waals surface area (Å²) < 4.78 is 31.1. The quantitative estimate of drug-likeness (QED) is 0.623. The lowest BCUT2D eigenvalue weighted by atomic mass is 9.84. The molecule has 1 atom stereocenters. The van der Waals surface area contributed by atoms with E-state index in [0.717, 1.165) is 16.8 Å². The van der Waals surface area contributed by atoms with E-state index in [1.807, 2.05) is 19.9 Å². The Morgan fingerprint density at radius 1 is 1.23 bits per heavy atom. The summed E-state index contributed by atoms with van der Waals surface area (Å²) in [6.45, 7) is 4.18. The van der Waals surface area contributed by atoms with Gasteiger partial charge in [0.05, 0.1) is 12.5 Å². The highest BCUT2D eigenvalue weighted by atomic mass is 19.1. The Morgan fingerprint density at radius 3 is 2.77 bits per heavy atom. The minimum absolute atomic E-state index is 0.0179. The Labute approximate surface area is 178 Å². The van der Waals surface area contributed by atoms with Gasteiger partial charge in [0, 0.05) is 16.8 Å². The number of allylic oxidation sites excluding steroid dienone is 1. The van der Waals surface area contributed by atoms with Crippen molar-refractivity contribution in [3.63, 3.8) is 0 Å². The Kier molecular flexibility index (Phi) is 5.50. The van der Waals surface area contributed by atoms with Gasteiger partial charge in [-0.15, -0.1) is 5.10 Å². The van der Waals surface area contributed by atoms with Crippen molar-refractivity contribution in [3.8, 4) is 23.4 Å². The summed E-state index contributed by atoms with van der Waals surface area (Å²) in [5, 5.41) is 16.7. The van der Waals surface area contributed by atoms with E-state index in [0.29, 0.717) is 35.1 Å². The molecular formula is C23H21FN4O3. The molecule has 0 amide bonds. The van der Waals surface area contributed by atoms with Crippen LogP contribution in [-0.4, -0.2) is 16.8 Å². The summed E-state index contributed by atoms with van der Waals surface area (Å²) in [5.74, 6) is 0.525. The van der Waals surface area contributed by atoms with E-state index < -0.39 is 5.92 Å². The van der Waals surface area contributed by atoms with Crippen LogP contribution in [0.25, 0.3) is 0 Å². The third-order valence-electron chi connectivity index (χ3n) is 5.07. The van der Waals surface area contributed by atoms with Crippen molar-refractivity contribution in [2.45, 2.75) is 26.4 Å². The number of benzene rings is 2. The molecule has 2 aromatic carbocycles. The molecule has 8 heteroatoms. The van der Waals surface area contributed by atoms with Gasteiger partial charge in [-0.05, 0) is 37.6 Å². The third kappa shape index (κ3) is 3.78. The van der Waals surface area contributed by atoms with Crippen molar-refractivity contribution < 1.29 is 18.6 Å². The molecule has 2 heterocycles. The highest BCUT2D eigenvalue weighted by Gasteiger charge is 2.34. The fourth-order valence-electron chi connectivity index (χ4n) is 3.59. The van der Waals surface area contributed by atoms with Crippen LogP contribution >= 0.6 is 0 Å². The molecule has 3 aromatic rings. The maximum atomic E-state index is 13.9.